The van der Waals surface area contributed by atoms with E-state index in [0.29, 0.717) is 6.54 Å². The fraction of sp³-hybridized carbons (Fsp3) is 0.538. The van der Waals surface area contributed by atoms with Crippen LogP contribution in [0, 0.1) is 0 Å². The zero-order valence-electron chi connectivity index (χ0n) is 19.1. The number of rotatable bonds is 11. The summed E-state index contributed by atoms with van der Waals surface area (Å²) in [5.41, 5.74) is 3.93. The molecule has 3 nitrogen and oxygen atoms in total. The summed E-state index contributed by atoms with van der Waals surface area (Å²) in [7, 11) is 0. The van der Waals surface area contributed by atoms with Crippen LogP contribution < -0.4 is 10.1 Å². The SMILES string of the molecule is CCC(C)(C)c1ccc(OC[C@H](O)CNCc2ccccc2)c(C(C)(C)CC)c1. The van der Waals surface area contributed by atoms with E-state index in [1.54, 1.807) is 0 Å². The van der Waals surface area contributed by atoms with E-state index in [-0.39, 0.29) is 17.4 Å². The summed E-state index contributed by atoms with van der Waals surface area (Å²) >= 11 is 0. The van der Waals surface area contributed by atoms with Crippen LogP contribution in [0.1, 0.15) is 71.1 Å². The summed E-state index contributed by atoms with van der Waals surface area (Å²) < 4.78 is 6.10. The van der Waals surface area contributed by atoms with Gasteiger partial charge in [-0.3, -0.25) is 0 Å². The average Bonchev–Trinajstić information content (AvgIpc) is 2.72. The zero-order valence-corrected chi connectivity index (χ0v) is 19.1. The minimum atomic E-state index is -0.553. The molecule has 3 heteroatoms. The molecule has 0 fully saturated rings. The van der Waals surface area contributed by atoms with Crippen LogP contribution in [0.25, 0.3) is 0 Å². The largest absolute Gasteiger partial charge is 0.491 e. The predicted octanol–water partition coefficient (Wildman–Crippen LogP) is 5.59. The molecule has 1 atom stereocenters. The van der Waals surface area contributed by atoms with E-state index < -0.39 is 6.10 Å². The van der Waals surface area contributed by atoms with Crippen LogP contribution in [0.5, 0.6) is 5.75 Å². The molecule has 2 aromatic carbocycles. The summed E-state index contributed by atoms with van der Waals surface area (Å²) in [6.45, 7) is 15.1. The number of ether oxygens (including phenoxy) is 1. The van der Waals surface area contributed by atoms with Crippen molar-refractivity contribution >= 4 is 0 Å². The number of aliphatic hydroxyl groups is 1. The van der Waals surface area contributed by atoms with Gasteiger partial charge in [0, 0.05) is 18.7 Å². The molecule has 29 heavy (non-hydrogen) atoms. The molecule has 0 aliphatic rings. The number of aliphatic hydroxyl groups excluding tert-OH is 1. The lowest BCUT2D eigenvalue weighted by molar-refractivity contribution is 0.105. The van der Waals surface area contributed by atoms with E-state index >= 15 is 0 Å². The highest BCUT2D eigenvalue weighted by molar-refractivity contribution is 5.44. The molecule has 0 heterocycles. The topological polar surface area (TPSA) is 41.5 Å². The Morgan fingerprint density at radius 1 is 0.931 bits per heavy atom. The van der Waals surface area contributed by atoms with Gasteiger partial charge < -0.3 is 15.2 Å². The minimum absolute atomic E-state index is 0.0195. The van der Waals surface area contributed by atoms with Crippen LogP contribution in [0.15, 0.2) is 48.5 Å². The van der Waals surface area contributed by atoms with Gasteiger partial charge in [-0.2, -0.15) is 0 Å². The summed E-state index contributed by atoms with van der Waals surface area (Å²) in [6, 6.07) is 16.8. The van der Waals surface area contributed by atoms with Gasteiger partial charge in [0.15, 0.2) is 0 Å². The molecule has 0 amide bonds. The first-order valence-corrected chi connectivity index (χ1v) is 10.9. The highest BCUT2D eigenvalue weighted by Gasteiger charge is 2.26. The second kappa shape index (κ2) is 10.3. The Morgan fingerprint density at radius 2 is 1.59 bits per heavy atom. The number of nitrogens with one attached hydrogen (secondary N) is 1. The normalized spacial score (nSPS) is 13.3. The molecule has 0 aliphatic carbocycles. The molecule has 0 radical (unpaired) electrons. The van der Waals surface area contributed by atoms with Gasteiger partial charge in [-0.05, 0) is 40.9 Å². The Balaban J connectivity index is 2.03. The summed E-state index contributed by atoms with van der Waals surface area (Å²) in [5, 5.41) is 13.7. The molecule has 0 saturated heterocycles. The van der Waals surface area contributed by atoms with Crippen molar-refractivity contribution < 1.29 is 9.84 Å². The third-order valence-electron chi connectivity index (χ3n) is 6.24. The summed E-state index contributed by atoms with van der Waals surface area (Å²) in [6.07, 6.45) is 1.56. The van der Waals surface area contributed by atoms with Crippen molar-refractivity contribution in [3.05, 3.63) is 65.2 Å². The number of hydrogen-bond donors (Lipinski definition) is 2. The molecule has 2 aromatic rings. The smallest absolute Gasteiger partial charge is 0.123 e. The quantitative estimate of drug-likeness (QED) is 0.519. The molecule has 0 spiro atoms. The Morgan fingerprint density at radius 3 is 2.21 bits per heavy atom. The highest BCUT2D eigenvalue weighted by Crippen LogP contribution is 2.38. The van der Waals surface area contributed by atoms with Crippen molar-refractivity contribution in [3.8, 4) is 5.75 Å². The third kappa shape index (κ3) is 6.58. The zero-order chi connectivity index (χ0) is 21.5. The first-order valence-electron chi connectivity index (χ1n) is 10.9. The first kappa shape index (κ1) is 23.4. The third-order valence-corrected chi connectivity index (χ3v) is 6.24. The maximum atomic E-state index is 10.4. The number of benzene rings is 2. The lowest BCUT2D eigenvalue weighted by Crippen LogP contribution is -2.31. The fourth-order valence-electron chi connectivity index (χ4n) is 3.22. The molecule has 0 saturated carbocycles. The van der Waals surface area contributed by atoms with E-state index in [9.17, 15) is 5.11 Å². The Labute approximate surface area is 177 Å². The van der Waals surface area contributed by atoms with Gasteiger partial charge in [0.2, 0.25) is 0 Å². The Hall–Kier alpha value is -1.84. The van der Waals surface area contributed by atoms with Crippen molar-refractivity contribution in [2.45, 2.75) is 77.9 Å². The molecule has 2 rings (SSSR count). The van der Waals surface area contributed by atoms with Crippen LogP contribution in [0.3, 0.4) is 0 Å². The van der Waals surface area contributed by atoms with Gasteiger partial charge in [-0.25, -0.2) is 0 Å². The molecular formula is C26H39NO2. The van der Waals surface area contributed by atoms with Crippen LogP contribution in [-0.4, -0.2) is 24.4 Å². The Bertz CT molecular complexity index is 753. The van der Waals surface area contributed by atoms with E-state index in [1.165, 1.54) is 16.7 Å². The van der Waals surface area contributed by atoms with E-state index in [0.717, 1.165) is 25.1 Å². The van der Waals surface area contributed by atoms with Gasteiger partial charge in [-0.1, -0.05) is 84.0 Å². The predicted molar refractivity (Wildman–Crippen MR) is 123 cm³/mol. The summed E-state index contributed by atoms with van der Waals surface area (Å²) in [4.78, 5) is 0. The van der Waals surface area contributed by atoms with Gasteiger partial charge in [0.25, 0.3) is 0 Å². The highest BCUT2D eigenvalue weighted by atomic mass is 16.5. The van der Waals surface area contributed by atoms with E-state index in [4.69, 9.17) is 4.74 Å². The van der Waals surface area contributed by atoms with Crippen molar-refractivity contribution in [1.29, 1.82) is 0 Å². The maximum absolute atomic E-state index is 10.4. The second-order valence-electron chi connectivity index (χ2n) is 9.27. The van der Waals surface area contributed by atoms with E-state index in [2.05, 4.69) is 77.2 Å². The van der Waals surface area contributed by atoms with Crippen molar-refractivity contribution in [2.75, 3.05) is 13.2 Å². The first-order chi connectivity index (χ1) is 13.7. The molecule has 2 N–H and O–H groups in total. The summed E-state index contributed by atoms with van der Waals surface area (Å²) in [5.74, 6) is 0.884. The van der Waals surface area contributed by atoms with Gasteiger partial charge in [0.1, 0.15) is 18.5 Å². The van der Waals surface area contributed by atoms with Gasteiger partial charge in [-0.15, -0.1) is 0 Å². The second-order valence-corrected chi connectivity index (χ2v) is 9.27. The van der Waals surface area contributed by atoms with E-state index in [1.807, 2.05) is 18.2 Å². The standard InChI is InChI=1S/C26H39NO2/c1-7-25(3,4)21-14-15-24(23(16-21)26(5,6)8-2)29-19-22(28)18-27-17-20-12-10-9-11-13-20/h9-16,22,27-28H,7-8,17-19H2,1-6H3/t22-/m1/s1. The fourth-order valence-corrected chi connectivity index (χ4v) is 3.22. The minimum Gasteiger partial charge on any atom is -0.491 e. The maximum Gasteiger partial charge on any atom is 0.123 e. The van der Waals surface area contributed by atoms with Crippen LogP contribution in [0.2, 0.25) is 0 Å². The monoisotopic (exact) mass is 397 g/mol. The van der Waals surface area contributed by atoms with Crippen LogP contribution in [-0.2, 0) is 17.4 Å². The lowest BCUT2D eigenvalue weighted by atomic mass is 9.76. The molecule has 0 unspecified atom stereocenters. The van der Waals surface area contributed by atoms with Gasteiger partial charge in [0.05, 0.1) is 0 Å². The van der Waals surface area contributed by atoms with Gasteiger partial charge >= 0.3 is 0 Å². The van der Waals surface area contributed by atoms with Crippen molar-refractivity contribution in [3.63, 3.8) is 0 Å². The molecule has 0 bridgehead atoms. The molecular weight excluding hydrogens is 358 g/mol. The number of hydrogen-bond acceptors (Lipinski definition) is 3. The van der Waals surface area contributed by atoms with Crippen molar-refractivity contribution in [1.82, 2.24) is 5.32 Å². The van der Waals surface area contributed by atoms with Crippen LogP contribution >= 0.6 is 0 Å². The average molecular weight is 398 g/mol. The lowest BCUT2D eigenvalue weighted by Gasteiger charge is -2.30. The Kier molecular flexibility index (Phi) is 8.30. The van der Waals surface area contributed by atoms with Crippen molar-refractivity contribution in [2.24, 2.45) is 0 Å². The molecule has 0 aliphatic heterocycles. The molecule has 0 aromatic heterocycles. The van der Waals surface area contributed by atoms with Crippen LogP contribution in [0.4, 0.5) is 0 Å². The molecule has 160 valence electrons.